The van der Waals surface area contributed by atoms with Crippen LogP contribution in [0.2, 0.25) is 4.34 Å². The molecule has 0 spiro atoms. The molecule has 0 radical (unpaired) electrons. The summed E-state index contributed by atoms with van der Waals surface area (Å²) in [6.07, 6.45) is 1.69. The van der Waals surface area contributed by atoms with Crippen molar-refractivity contribution in [1.82, 2.24) is 4.31 Å². The first kappa shape index (κ1) is 20.1. The van der Waals surface area contributed by atoms with E-state index in [1.165, 1.54) is 19.2 Å². The molecule has 1 aliphatic heterocycles. The van der Waals surface area contributed by atoms with Crippen LogP contribution in [0.3, 0.4) is 0 Å². The number of anilines is 1. The molecule has 0 bridgehead atoms. The van der Waals surface area contributed by atoms with E-state index in [1.54, 1.807) is 12.0 Å². The molecule has 0 fully saturated rings. The number of likely N-dealkylation sites (N-methyl/N-ethyl adjacent to an activating group) is 1. The SMILES string of the molecule is COc1ccc(C)c2c1N(C(=O)CN(C)S(=O)(=O)c1ccc(Cl)s1)CCC2. The Morgan fingerprint density at radius 2 is 2.07 bits per heavy atom. The van der Waals surface area contributed by atoms with Gasteiger partial charge in [0, 0.05) is 13.6 Å². The first-order valence-electron chi connectivity index (χ1n) is 8.44. The van der Waals surface area contributed by atoms with Crippen LogP contribution in [0.25, 0.3) is 0 Å². The number of hydrogen-bond acceptors (Lipinski definition) is 5. The van der Waals surface area contributed by atoms with E-state index < -0.39 is 10.0 Å². The lowest BCUT2D eigenvalue weighted by Crippen LogP contribution is -2.43. The van der Waals surface area contributed by atoms with Gasteiger partial charge in [0.25, 0.3) is 10.0 Å². The number of thiophene rings is 1. The van der Waals surface area contributed by atoms with Gasteiger partial charge in [-0.15, -0.1) is 11.3 Å². The predicted octanol–water partition coefficient (Wildman–Crippen LogP) is 3.32. The Morgan fingerprint density at radius 1 is 1.33 bits per heavy atom. The fraction of sp³-hybridized carbons (Fsp3) is 0.389. The normalized spacial score (nSPS) is 14.3. The number of amides is 1. The molecule has 27 heavy (non-hydrogen) atoms. The number of fused-ring (bicyclic) bond motifs is 1. The monoisotopic (exact) mass is 428 g/mol. The maximum absolute atomic E-state index is 13.0. The van der Waals surface area contributed by atoms with Gasteiger partial charge in [-0.05, 0) is 49.1 Å². The highest BCUT2D eigenvalue weighted by Crippen LogP contribution is 2.38. The van der Waals surface area contributed by atoms with E-state index in [1.807, 2.05) is 19.1 Å². The molecule has 1 aliphatic rings. The van der Waals surface area contributed by atoms with Crippen LogP contribution in [0.4, 0.5) is 5.69 Å². The molecule has 2 aromatic rings. The molecular formula is C18H21ClN2O4S2. The maximum Gasteiger partial charge on any atom is 0.252 e. The lowest BCUT2D eigenvalue weighted by Gasteiger charge is -2.32. The van der Waals surface area contributed by atoms with Gasteiger partial charge in [-0.3, -0.25) is 4.79 Å². The third-order valence-corrected chi connectivity index (χ3v) is 8.15. The molecule has 146 valence electrons. The first-order valence-corrected chi connectivity index (χ1v) is 11.1. The summed E-state index contributed by atoms with van der Waals surface area (Å²) in [6.45, 7) is 2.28. The number of benzene rings is 1. The zero-order valence-electron chi connectivity index (χ0n) is 15.4. The summed E-state index contributed by atoms with van der Waals surface area (Å²) in [5, 5.41) is 0. The van der Waals surface area contributed by atoms with Crippen molar-refractivity contribution in [3.63, 3.8) is 0 Å². The highest BCUT2D eigenvalue weighted by Gasteiger charge is 2.31. The molecule has 0 aliphatic carbocycles. The van der Waals surface area contributed by atoms with Crippen LogP contribution in [-0.2, 0) is 21.2 Å². The van der Waals surface area contributed by atoms with Crippen molar-refractivity contribution >= 4 is 44.6 Å². The average molecular weight is 429 g/mol. The van der Waals surface area contributed by atoms with Gasteiger partial charge < -0.3 is 9.64 Å². The molecule has 0 saturated heterocycles. The highest BCUT2D eigenvalue weighted by atomic mass is 35.5. The molecule has 1 aromatic carbocycles. The van der Waals surface area contributed by atoms with Crippen LogP contribution in [0, 0.1) is 6.92 Å². The number of carbonyl (C=O) groups excluding carboxylic acids is 1. The molecule has 3 rings (SSSR count). The van der Waals surface area contributed by atoms with E-state index in [9.17, 15) is 13.2 Å². The number of hydrogen-bond donors (Lipinski definition) is 0. The van der Waals surface area contributed by atoms with Crippen LogP contribution < -0.4 is 9.64 Å². The lowest BCUT2D eigenvalue weighted by molar-refractivity contribution is -0.118. The molecule has 0 atom stereocenters. The lowest BCUT2D eigenvalue weighted by atomic mass is 9.96. The first-order chi connectivity index (χ1) is 12.8. The Hall–Kier alpha value is -1.61. The van der Waals surface area contributed by atoms with Crippen LogP contribution in [0.5, 0.6) is 5.75 Å². The van der Waals surface area contributed by atoms with Gasteiger partial charge in [0.15, 0.2) is 0 Å². The molecular weight excluding hydrogens is 408 g/mol. The molecule has 0 unspecified atom stereocenters. The number of nitrogens with zero attached hydrogens (tertiary/aromatic N) is 2. The largest absolute Gasteiger partial charge is 0.495 e. The third-order valence-electron chi connectivity index (χ3n) is 4.65. The van der Waals surface area contributed by atoms with E-state index in [0.717, 1.165) is 45.3 Å². The van der Waals surface area contributed by atoms with Gasteiger partial charge >= 0.3 is 0 Å². The number of carbonyl (C=O) groups is 1. The summed E-state index contributed by atoms with van der Waals surface area (Å²) in [5.74, 6) is 0.341. The number of halogens is 1. The quantitative estimate of drug-likeness (QED) is 0.732. The Balaban J connectivity index is 1.87. The van der Waals surface area contributed by atoms with E-state index in [2.05, 4.69) is 0 Å². The zero-order chi connectivity index (χ0) is 19.8. The van der Waals surface area contributed by atoms with Gasteiger partial charge in [0.05, 0.1) is 23.7 Å². The van der Waals surface area contributed by atoms with Crippen molar-refractivity contribution in [2.24, 2.45) is 0 Å². The molecule has 0 N–H and O–H groups in total. The van der Waals surface area contributed by atoms with Crippen molar-refractivity contribution in [2.75, 3.05) is 32.1 Å². The Bertz CT molecular complexity index is 972. The van der Waals surface area contributed by atoms with Crippen molar-refractivity contribution in [3.05, 3.63) is 39.7 Å². The molecule has 0 saturated carbocycles. The van der Waals surface area contributed by atoms with Crippen LogP contribution in [0.1, 0.15) is 17.5 Å². The molecule has 1 amide bonds. The smallest absolute Gasteiger partial charge is 0.252 e. The molecule has 9 heteroatoms. The number of aryl methyl sites for hydroxylation is 1. The van der Waals surface area contributed by atoms with Gasteiger partial charge in [-0.25, -0.2) is 8.42 Å². The second-order valence-electron chi connectivity index (χ2n) is 6.38. The highest BCUT2D eigenvalue weighted by molar-refractivity contribution is 7.91. The number of rotatable bonds is 5. The predicted molar refractivity (Wildman–Crippen MR) is 108 cm³/mol. The number of methoxy groups -OCH3 is 1. The molecule has 6 nitrogen and oxygen atoms in total. The number of sulfonamides is 1. The zero-order valence-corrected chi connectivity index (χ0v) is 17.7. The summed E-state index contributed by atoms with van der Waals surface area (Å²) in [5.41, 5.74) is 2.92. The summed E-state index contributed by atoms with van der Waals surface area (Å²) >= 11 is 6.82. The average Bonchev–Trinajstić information content (AvgIpc) is 3.09. The van der Waals surface area contributed by atoms with Crippen molar-refractivity contribution < 1.29 is 17.9 Å². The van der Waals surface area contributed by atoms with E-state index >= 15 is 0 Å². The summed E-state index contributed by atoms with van der Waals surface area (Å²) in [7, 11) is -0.794. The fourth-order valence-corrected chi connectivity index (χ4v) is 6.03. The van der Waals surface area contributed by atoms with Crippen molar-refractivity contribution in [2.45, 2.75) is 24.0 Å². The number of ether oxygens (including phenoxy) is 1. The Kier molecular flexibility index (Phi) is 5.81. The minimum atomic E-state index is -3.76. The van der Waals surface area contributed by atoms with Crippen molar-refractivity contribution in [1.29, 1.82) is 0 Å². The minimum Gasteiger partial charge on any atom is -0.495 e. The van der Waals surface area contributed by atoms with Crippen LogP contribution in [-0.4, -0.2) is 45.9 Å². The second kappa shape index (κ2) is 7.79. The second-order valence-corrected chi connectivity index (χ2v) is 10.4. The van der Waals surface area contributed by atoms with Gasteiger partial charge in [0.2, 0.25) is 5.91 Å². The van der Waals surface area contributed by atoms with E-state index in [0.29, 0.717) is 16.6 Å². The summed E-state index contributed by atoms with van der Waals surface area (Å²) in [4.78, 5) is 14.6. The Morgan fingerprint density at radius 3 is 2.70 bits per heavy atom. The van der Waals surface area contributed by atoms with Gasteiger partial charge in [0.1, 0.15) is 9.96 Å². The van der Waals surface area contributed by atoms with Crippen molar-refractivity contribution in [3.8, 4) is 5.75 Å². The molecule has 1 aromatic heterocycles. The standard InChI is InChI=1S/C18H21ClN2O4S2/c1-12-6-7-14(25-3)18-13(12)5-4-10-21(18)16(22)11-20(2)27(23,24)17-9-8-15(19)26-17/h6-9H,4-5,10-11H2,1-3H3. The molecule has 2 heterocycles. The van der Waals surface area contributed by atoms with Gasteiger partial charge in [-0.2, -0.15) is 4.31 Å². The summed E-state index contributed by atoms with van der Waals surface area (Å²) in [6, 6.07) is 6.80. The fourth-order valence-electron chi connectivity index (χ4n) is 3.22. The minimum absolute atomic E-state index is 0.121. The topological polar surface area (TPSA) is 66.9 Å². The van der Waals surface area contributed by atoms with E-state index in [-0.39, 0.29) is 16.7 Å². The maximum atomic E-state index is 13.0. The third kappa shape index (κ3) is 3.85. The Labute approximate surface area is 168 Å². The van der Waals surface area contributed by atoms with Crippen LogP contribution in [0.15, 0.2) is 28.5 Å². The van der Waals surface area contributed by atoms with Gasteiger partial charge in [-0.1, -0.05) is 17.7 Å². The summed E-state index contributed by atoms with van der Waals surface area (Å²) < 4.78 is 32.4. The van der Waals surface area contributed by atoms with E-state index in [4.69, 9.17) is 16.3 Å². The van der Waals surface area contributed by atoms with Crippen LogP contribution >= 0.6 is 22.9 Å².